The Morgan fingerprint density at radius 3 is 1.25 bits per heavy atom. The fourth-order valence-electron chi connectivity index (χ4n) is 10.2. The van der Waals surface area contributed by atoms with Crippen molar-refractivity contribution < 1.29 is 0 Å². The number of hydrogen-bond donors (Lipinski definition) is 0. The van der Waals surface area contributed by atoms with Gasteiger partial charge in [-0.05, 0) is 203 Å². The molecule has 0 N–H and O–H groups in total. The lowest BCUT2D eigenvalue weighted by Crippen LogP contribution is -2.49. The highest BCUT2D eigenvalue weighted by Gasteiger charge is 2.46. The minimum Gasteiger partial charge on any atom is -0.306 e. The molecule has 3 spiro atoms. The first kappa shape index (κ1) is 40.5. The van der Waals surface area contributed by atoms with Crippen LogP contribution in [-0.4, -0.2) is 144 Å². The standard InChI is InChI=1S/C15H30N2.C14H28N2.C13H26N2/c1-13(2)16-9-6-7-15(11-16)8-10-17(12-15)14(3,4)5;1-5-15-9-6-7-14(11-15)8-10-16(12-14)13(2,3)4;1-12(2,3)15-9-7-13(11-15)6-5-8-14(4)10-13/h13H,6-12H2,1-5H3;5-12H2,1-4H3;5-11H2,1-4H3. The second kappa shape index (κ2) is 15.8. The third-order valence-electron chi connectivity index (χ3n) is 13.6. The lowest BCUT2D eigenvalue weighted by atomic mass is 9.78. The SMILES string of the molecule is CC(C)N1CCCC2(CCN(C(C)(C)C)C2)C1.CCN1CCCC2(CCN(C(C)(C)C)C2)C1.CN1CCCC2(CCN(C(C)(C)C)C2)C1. The van der Waals surface area contributed by atoms with E-state index in [4.69, 9.17) is 0 Å². The summed E-state index contributed by atoms with van der Waals surface area (Å²) in [5.41, 5.74) is 2.93. The zero-order chi connectivity index (χ0) is 35.6. The molecule has 0 bridgehead atoms. The first-order valence-electron chi connectivity index (χ1n) is 20.6. The lowest BCUT2D eigenvalue weighted by molar-refractivity contribution is 0.0589. The molecular weight excluding hydrogens is 589 g/mol. The van der Waals surface area contributed by atoms with E-state index in [1.807, 2.05) is 0 Å². The summed E-state index contributed by atoms with van der Waals surface area (Å²) < 4.78 is 0. The van der Waals surface area contributed by atoms with E-state index in [1.54, 1.807) is 0 Å². The average molecular weight is 673 g/mol. The molecule has 6 aliphatic rings. The van der Waals surface area contributed by atoms with Crippen molar-refractivity contribution in [3.05, 3.63) is 0 Å². The van der Waals surface area contributed by atoms with Gasteiger partial charge in [-0.3, -0.25) is 14.7 Å². The van der Waals surface area contributed by atoms with Crippen molar-refractivity contribution in [3.8, 4) is 0 Å². The Morgan fingerprint density at radius 2 is 0.875 bits per heavy atom. The Bertz CT molecular complexity index is 992. The summed E-state index contributed by atoms with van der Waals surface area (Å²) in [6.07, 6.45) is 12.8. The smallest absolute Gasteiger partial charge is 0.0125 e. The minimum absolute atomic E-state index is 0.351. The molecule has 6 fully saturated rings. The average Bonchev–Trinajstić information content (AvgIpc) is 3.71. The quantitative estimate of drug-likeness (QED) is 0.297. The fourth-order valence-corrected chi connectivity index (χ4v) is 10.2. The second-order valence-corrected chi connectivity index (χ2v) is 21.0. The summed E-state index contributed by atoms with van der Waals surface area (Å²) in [6.45, 7) is 45.2. The van der Waals surface area contributed by atoms with Gasteiger partial charge in [0.1, 0.15) is 0 Å². The van der Waals surface area contributed by atoms with E-state index in [9.17, 15) is 0 Å². The monoisotopic (exact) mass is 673 g/mol. The molecule has 0 aliphatic carbocycles. The molecule has 3 unspecified atom stereocenters. The van der Waals surface area contributed by atoms with Gasteiger partial charge in [0.15, 0.2) is 0 Å². The Hall–Kier alpha value is -0.240. The molecule has 0 amide bonds. The maximum atomic E-state index is 2.69. The largest absolute Gasteiger partial charge is 0.306 e. The Labute approximate surface area is 300 Å². The van der Waals surface area contributed by atoms with Crippen molar-refractivity contribution in [2.75, 3.05) is 92.1 Å². The summed E-state index contributed by atoms with van der Waals surface area (Å²) in [5, 5.41) is 0. The van der Waals surface area contributed by atoms with Crippen molar-refractivity contribution in [1.82, 2.24) is 29.4 Å². The first-order chi connectivity index (χ1) is 22.2. The van der Waals surface area contributed by atoms with E-state index < -0.39 is 0 Å². The van der Waals surface area contributed by atoms with Gasteiger partial charge in [0.05, 0.1) is 0 Å². The zero-order valence-corrected chi connectivity index (χ0v) is 34.8. The van der Waals surface area contributed by atoms with Gasteiger partial charge in [-0.1, -0.05) is 6.92 Å². The van der Waals surface area contributed by atoms with E-state index in [0.717, 1.165) is 6.04 Å². The van der Waals surface area contributed by atoms with Crippen LogP contribution in [0, 0.1) is 16.2 Å². The van der Waals surface area contributed by atoms with Gasteiger partial charge < -0.3 is 14.7 Å². The molecular formula is C42H84N6. The van der Waals surface area contributed by atoms with Crippen LogP contribution in [0.4, 0.5) is 0 Å². The summed E-state index contributed by atoms with van der Waals surface area (Å²) in [4.78, 5) is 15.9. The van der Waals surface area contributed by atoms with Gasteiger partial charge in [-0.15, -0.1) is 0 Å². The Balaban J connectivity index is 0.000000163. The molecule has 282 valence electrons. The third kappa shape index (κ3) is 10.7. The van der Waals surface area contributed by atoms with Crippen LogP contribution in [0.25, 0.3) is 0 Å². The highest BCUT2D eigenvalue weighted by molar-refractivity contribution is 5.00. The molecule has 6 aliphatic heterocycles. The Morgan fingerprint density at radius 1 is 0.479 bits per heavy atom. The minimum atomic E-state index is 0.351. The summed E-state index contributed by atoms with van der Waals surface area (Å²) in [7, 11) is 2.28. The molecule has 0 aromatic carbocycles. The molecule has 6 saturated heterocycles. The number of rotatable bonds is 2. The summed E-state index contributed by atoms with van der Waals surface area (Å²) in [6, 6.07) is 0.718. The molecule has 6 nitrogen and oxygen atoms in total. The Kier molecular flexibility index (Phi) is 13.3. The number of nitrogens with zero attached hydrogens (tertiary/aromatic N) is 6. The number of piperidine rings is 3. The van der Waals surface area contributed by atoms with Crippen molar-refractivity contribution in [3.63, 3.8) is 0 Å². The van der Waals surface area contributed by atoms with Crippen molar-refractivity contribution in [2.24, 2.45) is 16.2 Å². The molecule has 6 rings (SSSR count). The topological polar surface area (TPSA) is 19.4 Å². The highest BCUT2D eigenvalue weighted by Crippen LogP contribution is 2.43. The van der Waals surface area contributed by atoms with Crippen LogP contribution in [0.1, 0.15) is 141 Å². The van der Waals surface area contributed by atoms with Crippen molar-refractivity contribution in [2.45, 2.75) is 164 Å². The second-order valence-electron chi connectivity index (χ2n) is 21.0. The van der Waals surface area contributed by atoms with Gasteiger partial charge in [0.25, 0.3) is 0 Å². The first-order valence-corrected chi connectivity index (χ1v) is 20.6. The van der Waals surface area contributed by atoms with Crippen LogP contribution in [-0.2, 0) is 0 Å². The van der Waals surface area contributed by atoms with Gasteiger partial charge in [-0.25, -0.2) is 0 Å². The van der Waals surface area contributed by atoms with Crippen LogP contribution in [0.2, 0.25) is 0 Å². The molecule has 0 radical (unpaired) electrons. The van der Waals surface area contributed by atoms with Crippen LogP contribution in [0.3, 0.4) is 0 Å². The van der Waals surface area contributed by atoms with E-state index >= 15 is 0 Å². The van der Waals surface area contributed by atoms with E-state index in [-0.39, 0.29) is 0 Å². The summed E-state index contributed by atoms with van der Waals surface area (Å²) >= 11 is 0. The predicted molar refractivity (Wildman–Crippen MR) is 209 cm³/mol. The van der Waals surface area contributed by atoms with Gasteiger partial charge in [0.2, 0.25) is 0 Å². The maximum Gasteiger partial charge on any atom is 0.0125 e. The maximum absolute atomic E-state index is 2.69. The van der Waals surface area contributed by atoms with Crippen LogP contribution in [0.15, 0.2) is 0 Å². The van der Waals surface area contributed by atoms with Crippen LogP contribution >= 0.6 is 0 Å². The molecule has 48 heavy (non-hydrogen) atoms. The number of hydrogen-bond acceptors (Lipinski definition) is 6. The molecule has 0 aromatic rings. The van der Waals surface area contributed by atoms with Crippen molar-refractivity contribution >= 4 is 0 Å². The van der Waals surface area contributed by atoms with Crippen molar-refractivity contribution in [1.29, 1.82) is 0 Å². The van der Waals surface area contributed by atoms with E-state index in [0.29, 0.717) is 32.9 Å². The lowest BCUT2D eigenvalue weighted by Gasteiger charge is -2.43. The molecule has 6 heteroatoms. The van der Waals surface area contributed by atoms with E-state index in [1.165, 1.54) is 143 Å². The van der Waals surface area contributed by atoms with Gasteiger partial charge in [0, 0.05) is 61.9 Å². The molecule has 0 saturated carbocycles. The molecule has 0 aromatic heterocycles. The third-order valence-corrected chi connectivity index (χ3v) is 13.6. The van der Waals surface area contributed by atoms with Gasteiger partial charge >= 0.3 is 0 Å². The normalized spacial score (nSPS) is 33.9. The fraction of sp³-hybridized carbons (Fsp3) is 1.00. The molecule has 6 heterocycles. The molecule has 3 atom stereocenters. The summed E-state index contributed by atoms with van der Waals surface area (Å²) in [5.74, 6) is 0. The zero-order valence-electron chi connectivity index (χ0n) is 34.8. The van der Waals surface area contributed by atoms with Crippen LogP contribution < -0.4 is 0 Å². The van der Waals surface area contributed by atoms with Crippen LogP contribution in [0.5, 0.6) is 0 Å². The number of likely N-dealkylation sites (tertiary alicyclic amines) is 6. The van der Waals surface area contributed by atoms with Gasteiger partial charge in [-0.2, -0.15) is 0 Å². The van der Waals surface area contributed by atoms with E-state index in [2.05, 4.69) is 120 Å². The highest BCUT2D eigenvalue weighted by atomic mass is 15.3. The predicted octanol–water partition coefficient (Wildman–Crippen LogP) is 7.78.